The number of carbonyl (C=O) groups is 1. The average Bonchev–Trinajstić information content (AvgIpc) is 2.26. The Morgan fingerprint density at radius 1 is 1.38 bits per heavy atom. The monoisotopic (exact) mass is 189 g/mol. The highest BCUT2D eigenvalue weighted by Crippen LogP contribution is 2.39. The molecular weight excluding hydrogens is 176 g/mol. The molecule has 1 unspecified atom stereocenters. The standard InChI is InChI=1S/C9H13F2NO/c10-9(11)3-2-7(6-9)8(13)12-4-1-5-12/h7H,1-6H2. The summed E-state index contributed by atoms with van der Waals surface area (Å²) in [5, 5.41) is 0. The molecule has 0 aromatic rings. The number of hydrogen-bond acceptors (Lipinski definition) is 1. The lowest BCUT2D eigenvalue weighted by Gasteiger charge is -2.33. The van der Waals surface area contributed by atoms with Crippen molar-refractivity contribution in [2.75, 3.05) is 13.1 Å². The summed E-state index contributed by atoms with van der Waals surface area (Å²) in [4.78, 5) is 13.2. The van der Waals surface area contributed by atoms with Crippen LogP contribution in [0.2, 0.25) is 0 Å². The summed E-state index contributed by atoms with van der Waals surface area (Å²) in [6, 6.07) is 0. The van der Waals surface area contributed by atoms with Gasteiger partial charge in [-0.2, -0.15) is 0 Å². The summed E-state index contributed by atoms with van der Waals surface area (Å²) in [6.45, 7) is 1.53. The van der Waals surface area contributed by atoms with Crippen molar-refractivity contribution in [1.29, 1.82) is 0 Å². The maximum Gasteiger partial charge on any atom is 0.248 e. The molecule has 1 amide bonds. The number of hydrogen-bond donors (Lipinski definition) is 0. The van der Waals surface area contributed by atoms with Gasteiger partial charge in [0.25, 0.3) is 0 Å². The van der Waals surface area contributed by atoms with E-state index in [1.807, 2.05) is 0 Å². The molecule has 4 heteroatoms. The van der Waals surface area contributed by atoms with Crippen LogP contribution in [0, 0.1) is 5.92 Å². The van der Waals surface area contributed by atoms with Gasteiger partial charge < -0.3 is 4.90 Å². The Hall–Kier alpha value is -0.670. The Labute approximate surface area is 75.9 Å². The number of likely N-dealkylation sites (tertiary alicyclic amines) is 1. The Kier molecular flexibility index (Phi) is 2.00. The Bertz CT molecular complexity index is 226. The quantitative estimate of drug-likeness (QED) is 0.614. The van der Waals surface area contributed by atoms with E-state index >= 15 is 0 Å². The second-order valence-electron chi connectivity index (χ2n) is 3.97. The van der Waals surface area contributed by atoms with Gasteiger partial charge in [0.15, 0.2) is 0 Å². The van der Waals surface area contributed by atoms with Crippen LogP contribution in [0.3, 0.4) is 0 Å². The van der Waals surface area contributed by atoms with Crippen molar-refractivity contribution in [2.24, 2.45) is 5.92 Å². The largest absolute Gasteiger partial charge is 0.342 e. The molecule has 1 aliphatic carbocycles. The lowest BCUT2D eigenvalue weighted by Crippen LogP contribution is -2.45. The van der Waals surface area contributed by atoms with Crippen LogP contribution in [0.25, 0.3) is 0 Å². The highest BCUT2D eigenvalue weighted by atomic mass is 19.3. The predicted molar refractivity (Wildman–Crippen MR) is 43.5 cm³/mol. The van der Waals surface area contributed by atoms with Crippen LogP contribution in [-0.4, -0.2) is 29.8 Å². The number of alkyl halides is 2. The fraction of sp³-hybridized carbons (Fsp3) is 0.889. The van der Waals surface area contributed by atoms with Gasteiger partial charge in [-0.3, -0.25) is 4.79 Å². The second-order valence-corrected chi connectivity index (χ2v) is 3.97. The molecule has 2 rings (SSSR count). The lowest BCUT2D eigenvalue weighted by atomic mass is 10.0. The molecular formula is C9H13F2NO. The van der Waals surface area contributed by atoms with Gasteiger partial charge in [0, 0.05) is 31.8 Å². The van der Waals surface area contributed by atoms with Gasteiger partial charge in [0.2, 0.25) is 11.8 Å². The third-order valence-corrected chi connectivity index (χ3v) is 2.92. The van der Waals surface area contributed by atoms with Gasteiger partial charge in [-0.05, 0) is 12.8 Å². The van der Waals surface area contributed by atoms with E-state index in [2.05, 4.69) is 0 Å². The molecule has 1 saturated carbocycles. The first kappa shape index (κ1) is 8.91. The molecule has 2 fully saturated rings. The Morgan fingerprint density at radius 2 is 2.08 bits per heavy atom. The van der Waals surface area contributed by atoms with Crippen LogP contribution >= 0.6 is 0 Å². The van der Waals surface area contributed by atoms with Crippen molar-refractivity contribution in [3.05, 3.63) is 0 Å². The summed E-state index contributed by atoms with van der Waals surface area (Å²) in [5.41, 5.74) is 0. The first-order valence-corrected chi connectivity index (χ1v) is 4.75. The summed E-state index contributed by atoms with van der Waals surface area (Å²) in [6.07, 6.45) is 1.04. The van der Waals surface area contributed by atoms with E-state index in [1.165, 1.54) is 0 Å². The minimum absolute atomic E-state index is 0.0524. The molecule has 0 aromatic heterocycles. The van der Waals surface area contributed by atoms with Gasteiger partial charge in [-0.15, -0.1) is 0 Å². The summed E-state index contributed by atoms with van der Waals surface area (Å²) < 4.78 is 25.5. The van der Waals surface area contributed by atoms with Crippen LogP contribution in [0.5, 0.6) is 0 Å². The van der Waals surface area contributed by atoms with Gasteiger partial charge >= 0.3 is 0 Å². The molecule has 2 nitrogen and oxygen atoms in total. The molecule has 0 aromatic carbocycles. The highest BCUT2D eigenvalue weighted by Gasteiger charge is 2.44. The molecule has 0 radical (unpaired) electrons. The summed E-state index contributed by atoms with van der Waals surface area (Å²) >= 11 is 0. The van der Waals surface area contributed by atoms with Crippen LogP contribution in [0.1, 0.15) is 25.7 Å². The minimum atomic E-state index is -2.59. The van der Waals surface area contributed by atoms with E-state index in [0.717, 1.165) is 19.5 Å². The number of amides is 1. The topological polar surface area (TPSA) is 20.3 Å². The van der Waals surface area contributed by atoms with Crippen molar-refractivity contribution < 1.29 is 13.6 Å². The number of carbonyl (C=O) groups excluding carboxylic acids is 1. The first-order chi connectivity index (χ1) is 6.08. The van der Waals surface area contributed by atoms with Gasteiger partial charge in [-0.25, -0.2) is 8.78 Å². The third-order valence-electron chi connectivity index (χ3n) is 2.92. The van der Waals surface area contributed by atoms with Gasteiger partial charge in [0.05, 0.1) is 0 Å². The molecule has 0 N–H and O–H groups in total. The van der Waals surface area contributed by atoms with Gasteiger partial charge in [0.1, 0.15) is 0 Å². The van der Waals surface area contributed by atoms with E-state index in [1.54, 1.807) is 4.90 Å². The molecule has 1 heterocycles. The van der Waals surface area contributed by atoms with Crippen LogP contribution in [0.15, 0.2) is 0 Å². The first-order valence-electron chi connectivity index (χ1n) is 4.75. The van der Waals surface area contributed by atoms with E-state index in [4.69, 9.17) is 0 Å². The fourth-order valence-electron chi connectivity index (χ4n) is 1.96. The fourth-order valence-corrected chi connectivity index (χ4v) is 1.96. The zero-order valence-corrected chi connectivity index (χ0v) is 7.43. The molecule has 13 heavy (non-hydrogen) atoms. The zero-order chi connectivity index (χ0) is 9.47. The maximum atomic E-state index is 12.8. The Morgan fingerprint density at radius 3 is 2.46 bits per heavy atom. The molecule has 1 atom stereocenters. The van der Waals surface area contributed by atoms with Crippen molar-refractivity contribution in [3.63, 3.8) is 0 Å². The normalized spacial score (nSPS) is 31.5. The second kappa shape index (κ2) is 2.93. The van der Waals surface area contributed by atoms with Crippen LogP contribution in [-0.2, 0) is 4.79 Å². The van der Waals surface area contributed by atoms with Crippen molar-refractivity contribution in [2.45, 2.75) is 31.6 Å². The molecule has 2 aliphatic rings. The van der Waals surface area contributed by atoms with E-state index in [9.17, 15) is 13.6 Å². The minimum Gasteiger partial charge on any atom is -0.342 e. The number of halogens is 2. The number of rotatable bonds is 1. The average molecular weight is 189 g/mol. The van der Waals surface area contributed by atoms with Crippen LogP contribution < -0.4 is 0 Å². The van der Waals surface area contributed by atoms with E-state index in [0.29, 0.717) is 6.42 Å². The Balaban J connectivity index is 1.91. The summed E-state index contributed by atoms with van der Waals surface area (Å²) in [7, 11) is 0. The molecule has 1 saturated heterocycles. The van der Waals surface area contributed by atoms with Crippen LogP contribution in [0.4, 0.5) is 8.78 Å². The maximum absolute atomic E-state index is 12.8. The van der Waals surface area contributed by atoms with E-state index < -0.39 is 11.8 Å². The smallest absolute Gasteiger partial charge is 0.248 e. The summed E-state index contributed by atoms with van der Waals surface area (Å²) in [5.74, 6) is -3.05. The predicted octanol–water partition coefficient (Wildman–Crippen LogP) is 1.65. The van der Waals surface area contributed by atoms with Crippen molar-refractivity contribution in [1.82, 2.24) is 4.90 Å². The molecule has 0 spiro atoms. The molecule has 1 aliphatic heterocycles. The van der Waals surface area contributed by atoms with Crippen molar-refractivity contribution >= 4 is 5.91 Å². The van der Waals surface area contributed by atoms with E-state index in [-0.39, 0.29) is 18.7 Å². The molecule has 74 valence electrons. The highest BCUT2D eigenvalue weighted by molar-refractivity contribution is 5.79. The molecule has 0 bridgehead atoms. The zero-order valence-electron chi connectivity index (χ0n) is 7.43. The number of nitrogens with zero attached hydrogens (tertiary/aromatic N) is 1. The lowest BCUT2D eigenvalue weighted by molar-refractivity contribution is -0.139. The SMILES string of the molecule is O=C(C1CCC(F)(F)C1)N1CCC1. The van der Waals surface area contributed by atoms with Gasteiger partial charge in [-0.1, -0.05) is 0 Å². The van der Waals surface area contributed by atoms with Crippen molar-refractivity contribution in [3.8, 4) is 0 Å². The third kappa shape index (κ3) is 1.67.